The summed E-state index contributed by atoms with van der Waals surface area (Å²) >= 11 is 5.91. The van der Waals surface area contributed by atoms with Crippen LogP contribution >= 0.6 is 11.6 Å². The molecule has 0 heterocycles. The van der Waals surface area contributed by atoms with Crippen molar-refractivity contribution in [1.82, 2.24) is 5.32 Å². The van der Waals surface area contributed by atoms with Gasteiger partial charge in [-0.05, 0) is 37.6 Å². The molecule has 1 amide bonds. The number of nitrogens with zero attached hydrogens (tertiary/aromatic N) is 1. The number of aryl methyl sites for hydroxylation is 1. The molecule has 0 fully saturated rings. The molecule has 8 heteroatoms. The maximum absolute atomic E-state index is 12.0. The van der Waals surface area contributed by atoms with E-state index in [0.717, 1.165) is 11.6 Å². The van der Waals surface area contributed by atoms with Crippen molar-refractivity contribution in [2.75, 3.05) is 6.61 Å². The first kappa shape index (κ1) is 19.4. The highest BCUT2D eigenvalue weighted by molar-refractivity contribution is 6.30. The zero-order chi connectivity index (χ0) is 19.3. The van der Waals surface area contributed by atoms with Crippen molar-refractivity contribution in [3.05, 3.63) is 74.3 Å². The van der Waals surface area contributed by atoms with E-state index in [4.69, 9.17) is 16.3 Å². The second kappa shape index (κ2) is 8.44. The number of rotatable bonds is 6. The number of esters is 1. The molecule has 0 saturated heterocycles. The molecule has 2 aromatic rings. The molecule has 2 rings (SSSR count). The summed E-state index contributed by atoms with van der Waals surface area (Å²) in [6.07, 6.45) is 0. The van der Waals surface area contributed by atoms with Crippen LogP contribution in [0.4, 0.5) is 5.69 Å². The Morgan fingerprint density at radius 1 is 1.27 bits per heavy atom. The van der Waals surface area contributed by atoms with Crippen molar-refractivity contribution < 1.29 is 19.2 Å². The summed E-state index contributed by atoms with van der Waals surface area (Å²) in [4.78, 5) is 34.3. The Labute approximate surface area is 155 Å². The number of benzene rings is 2. The second-order valence-corrected chi connectivity index (χ2v) is 6.12. The number of amides is 1. The third-order valence-electron chi connectivity index (χ3n) is 3.70. The molecule has 136 valence electrons. The Morgan fingerprint density at radius 2 is 2.00 bits per heavy atom. The van der Waals surface area contributed by atoms with Gasteiger partial charge in [0, 0.05) is 16.7 Å². The van der Waals surface area contributed by atoms with Gasteiger partial charge >= 0.3 is 5.97 Å². The molecular weight excluding hydrogens is 360 g/mol. The Kier molecular flexibility index (Phi) is 6.30. The third-order valence-corrected chi connectivity index (χ3v) is 3.94. The number of carbonyl (C=O) groups is 2. The fourth-order valence-electron chi connectivity index (χ4n) is 2.29. The fraction of sp³-hybridized carbons (Fsp3) is 0.222. The van der Waals surface area contributed by atoms with Crippen LogP contribution in [0.1, 0.15) is 34.5 Å². The molecule has 0 aliphatic heterocycles. The van der Waals surface area contributed by atoms with Gasteiger partial charge in [0.1, 0.15) is 0 Å². The van der Waals surface area contributed by atoms with Gasteiger partial charge in [-0.15, -0.1) is 0 Å². The highest BCUT2D eigenvalue weighted by Gasteiger charge is 2.17. The van der Waals surface area contributed by atoms with E-state index in [1.54, 1.807) is 32.0 Å². The van der Waals surface area contributed by atoms with Crippen LogP contribution < -0.4 is 5.32 Å². The van der Waals surface area contributed by atoms with E-state index in [-0.39, 0.29) is 17.3 Å². The summed E-state index contributed by atoms with van der Waals surface area (Å²) in [6, 6.07) is 10.7. The lowest BCUT2D eigenvalue weighted by Crippen LogP contribution is -2.31. The molecule has 0 aromatic heterocycles. The number of ether oxygens (including phenoxy) is 1. The number of halogens is 1. The van der Waals surface area contributed by atoms with Gasteiger partial charge < -0.3 is 10.1 Å². The minimum Gasteiger partial charge on any atom is -0.452 e. The van der Waals surface area contributed by atoms with Crippen molar-refractivity contribution in [3.63, 3.8) is 0 Å². The summed E-state index contributed by atoms with van der Waals surface area (Å²) in [7, 11) is 0. The van der Waals surface area contributed by atoms with Crippen molar-refractivity contribution in [2.45, 2.75) is 19.9 Å². The molecule has 1 N–H and O–H groups in total. The monoisotopic (exact) mass is 376 g/mol. The van der Waals surface area contributed by atoms with Crippen LogP contribution in [0.5, 0.6) is 0 Å². The highest BCUT2D eigenvalue weighted by Crippen LogP contribution is 2.20. The molecule has 0 bridgehead atoms. The van der Waals surface area contributed by atoms with E-state index < -0.39 is 23.4 Å². The zero-order valence-electron chi connectivity index (χ0n) is 14.2. The average Bonchev–Trinajstić information content (AvgIpc) is 2.59. The maximum atomic E-state index is 12.0. The second-order valence-electron chi connectivity index (χ2n) is 5.68. The van der Waals surface area contributed by atoms with E-state index in [0.29, 0.717) is 10.6 Å². The molecule has 7 nitrogen and oxygen atoms in total. The van der Waals surface area contributed by atoms with Gasteiger partial charge in [0.25, 0.3) is 11.6 Å². The smallest absolute Gasteiger partial charge is 0.338 e. The van der Waals surface area contributed by atoms with Crippen molar-refractivity contribution >= 4 is 29.2 Å². The van der Waals surface area contributed by atoms with Gasteiger partial charge in [0.2, 0.25) is 0 Å². The number of hydrogen-bond donors (Lipinski definition) is 1. The minimum absolute atomic E-state index is 0.0120. The predicted molar refractivity (Wildman–Crippen MR) is 96.1 cm³/mol. The SMILES string of the molecule is Cc1ccc(C(=O)OCC(=O)N[C@H](C)c2cccc(Cl)c2)cc1[N+](=O)[O-]. The summed E-state index contributed by atoms with van der Waals surface area (Å²) in [6.45, 7) is 2.85. The number of nitrogens with one attached hydrogen (secondary N) is 1. The minimum atomic E-state index is -0.807. The van der Waals surface area contributed by atoms with Crippen LogP contribution in [0, 0.1) is 17.0 Å². The molecule has 1 atom stereocenters. The molecule has 0 aliphatic carbocycles. The van der Waals surface area contributed by atoms with E-state index in [1.165, 1.54) is 12.1 Å². The molecular formula is C18H17ClN2O5. The summed E-state index contributed by atoms with van der Waals surface area (Å²) in [5, 5.41) is 14.2. The topological polar surface area (TPSA) is 98.5 Å². The van der Waals surface area contributed by atoms with Gasteiger partial charge in [0.05, 0.1) is 16.5 Å². The zero-order valence-corrected chi connectivity index (χ0v) is 14.9. The first-order valence-corrected chi connectivity index (χ1v) is 8.12. The van der Waals surface area contributed by atoms with Gasteiger partial charge in [-0.25, -0.2) is 4.79 Å². The molecule has 0 radical (unpaired) electrons. The largest absolute Gasteiger partial charge is 0.452 e. The van der Waals surface area contributed by atoms with E-state index >= 15 is 0 Å². The first-order chi connectivity index (χ1) is 12.3. The van der Waals surface area contributed by atoms with Crippen LogP contribution in [0.15, 0.2) is 42.5 Å². The van der Waals surface area contributed by atoms with Crippen molar-refractivity contribution in [3.8, 4) is 0 Å². The highest BCUT2D eigenvalue weighted by atomic mass is 35.5. The number of nitro benzene ring substituents is 1. The lowest BCUT2D eigenvalue weighted by molar-refractivity contribution is -0.385. The van der Waals surface area contributed by atoms with Gasteiger partial charge in [-0.2, -0.15) is 0 Å². The number of hydrogen-bond acceptors (Lipinski definition) is 5. The van der Waals surface area contributed by atoms with Gasteiger partial charge in [-0.3, -0.25) is 14.9 Å². The van der Waals surface area contributed by atoms with Gasteiger partial charge in [-0.1, -0.05) is 29.8 Å². The van der Waals surface area contributed by atoms with Gasteiger partial charge in [0.15, 0.2) is 6.61 Å². The fourth-order valence-corrected chi connectivity index (χ4v) is 2.49. The predicted octanol–water partition coefficient (Wildman–Crippen LogP) is 3.59. The van der Waals surface area contributed by atoms with Crippen LogP contribution in [-0.2, 0) is 9.53 Å². The van der Waals surface area contributed by atoms with Crippen LogP contribution in [0.3, 0.4) is 0 Å². The Morgan fingerprint density at radius 3 is 2.65 bits per heavy atom. The number of carbonyl (C=O) groups excluding carboxylic acids is 2. The summed E-state index contributed by atoms with van der Waals surface area (Å²) < 4.78 is 4.93. The van der Waals surface area contributed by atoms with Crippen LogP contribution in [0.25, 0.3) is 0 Å². The summed E-state index contributed by atoms with van der Waals surface area (Å²) in [5.41, 5.74) is 1.07. The maximum Gasteiger partial charge on any atom is 0.338 e. The summed E-state index contributed by atoms with van der Waals surface area (Å²) in [5.74, 6) is -1.30. The van der Waals surface area contributed by atoms with E-state index in [2.05, 4.69) is 5.32 Å². The van der Waals surface area contributed by atoms with Crippen molar-refractivity contribution in [1.29, 1.82) is 0 Å². The van der Waals surface area contributed by atoms with Crippen molar-refractivity contribution in [2.24, 2.45) is 0 Å². The third kappa shape index (κ3) is 5.03. The molecule has 0 unspecified atom stereocenters. The average molecular weight is 377 g/mol. The Bertz CT molecular complexity index is 853. The molecule has 2 aromatic carbocycles. The Hall–Kier alpha value is -2.93. The van der Waals surface area contributed by atoms with E-state index in [9.17, 15) is 19.7 Å². The molecule has 26 heavy (non-hydrogen) atoms. The molecule has 0 saturated carbocycles. The normalized spacial score (nSPS) is 11.5. The van der Waals surface area contributed by atoms with Crippen LogP contribution in [0.2, 0.25) is 5.02 Å². The Balaban J connectivity index is 1.93. The first-order valence-electron chi connectivity index (χ1n) is 7.75. The molecule has 0 aliphatic rings. The lowest BCUT2D eigenvalue weighted by Gasteiger charge is -2.14. The standard InChI is InChI=1S/C18H17ClN2O5/c1-11-6-7-14(9-16(11)21(24)25)18(23)26-10-17(22)20-12(2)13-4-3-5-15(19)8-13/h3-9,12H,10H2,1-2H3,(H,20,22)/t12-/m1/s1. The van der Waals surface area contributed by atoms with Crippen LogP contribution in [-0.4, -0.2) is 23.4 Å². The lowest BCUT2D eigenvalue weighted by atomic mass is 10.1. The quantitative estimate of drug-likeness (QED) is 0.472. The molecule has 0 spiro atoms. The van der Waals surface area contributed by atoms with E-state index in [1.807, 2.05) is 6.07 Å². The number of nitro groups is 1.